The van der Waals surface area contributed by atoms with E-state index in [4.69, 9.17) is 0 Å². The molecule has 26 heavy (non-hydrogen) atoms. The number of benzene rings is 1. The van der Waals surface area contributed by atoms with Crippen LogP contribution in [0.5, 0.6) is 0 Å². The number of amides is 1. The van der Waals surface area contributed by atoms with Gasteiger partial charge in [0.25, 0.3) is 5.91 Å². The van der Waals surface area contributed by atoms with E-state index in [1.54, 1.807) is 11.6 Å². The molecule has 138 valence electrons. The van der Waals surface area contributed by atoms with Crippen molar-refractivity contribution in [2.24, 2.45) is 7.05 Å². The molecule has 0 aliphatic carbocycles. The van der Waals surface area contributed by atoms with Crippen LogP contribution in [0.1, 0.15) is 43.1 Å². The van der Waals surface area contributed by atoms with Crippen LogP contribution < -0.4 is 5.32 Å². The SMILES string of the molecule is CC(=O)SCCCCCCNC(=O)c1n[nH]c2c1ccc1nn(C)cc12. The van der Waals surface area contributed by atoms with Crippen LogP contribution in [0.15, 0.2) is 18.3 Å². The lowest BCUT2D eigenvalue weighted by Crippen LogP contribution is -2.25. The van der Waals surface area contributed by atoms with Crippen LogP contribution in [0.4, 0.5) is 0 Å². The zero-order valence-electron chi connectivity index (χ0n) is 15.0. The van der Waals surface area contributed by atoms with Crippen molar-refractivity contribution in [2.75, 3.05) is 12.3 Å². The number of fused-ring (bicyclic) bond motifs is 3. The van der Waals surface area contributed by atoms with Crippen LogP contribution in [-0.2, 0) is 11.8 Å². The summed E-state index contributed by atoms with van der Waals surface area (Å²) in [4.78, 5) is 23.3. The van der Waals surface area contributed by atoms with E-state index in [1.165, 1.54) is 11.8 Å². The molecule has 0 atom stereocenters. The van der Waals surface area contributed by atoms with E-state index >= 15 is 0 Å². The molecule has 0 saturated carbocycles. The highest BCUT2D eigenvalue weighted by Crippen LogP contribution is 2.24. The van der Waals surface area contributed by atoms with Crippen molar-refractivity contribution < 1.29 is 9.59 Å². The standard InChI is InChI=1S/C18H23N5O2S/c1-12(24)26-10-6-4-3-5-9-19-18(25)17-13-7-8-15-14(11-23(2)22-15)16(13)20-21-17/h7-8,11H,3-6,9-10H2,1-2H3,(H,19,25)(H,20,21). The topological polar surface area (TPSA) is 92.7 Å². The molecule has 1 amide bonds. The van der Waals surface area contributed by atoms with Crippen molar-refractivity contribution in [3.8, 4) is 0 Å². The van der Waals surface area contributed by atoms with E-state index in [0.717, 1.165) is 53.2 Å². The monoisotopic (exact) mass is 373 g/mol. The first-order valence-electron chi connectivity index (χ1n) is 8.78. The van der Waals surface area contributed by atoms with Gasteiger partial charge >= 0.3 is 0 Å². The molecule has 2 heterocycles. The van der Waals surface area contributed by atoms with Gasteiger partial charge in [0.1, 0.15) is 0 Å². The fourth-order valence-electron chi connectivity index (χ4n) is 2.96. The van der Waals surface area contributed by atoms with E-state index in [9.17, 15) is 9.59 Å². The number of H-pyrrole nitrogens is 1. The van der Waals surface area contributed by atoms with Crippen molar-refractivity contribution in [3.05, 3.63) is 24.0 Å². The van der Waals surface area contributed by atoms with Gasteiger partial charge in [0.15, 0.2) is 10.8 Å². The third kappa shape index (κ3) is 4.24. The first-order chi connectivity index (χ1) is 12.6. The summed E-state index contributed by atoms with van der Waals surface area (Å²) in [6.07, 6.45) is 5.98. The van der Waals surface area contributed by atoms with Crippen LogP contribution in [0.25, 0.3) is 21.8 Å². The van der Waals surface area contributed by atoms with Crippen molar-refractivity contribution in [3.63, 3.8) is 0 Å². The summed E-state index contributed by atoms with van der Waals surface area (Å²) in [5.41, 5.74) is 2.13. The smallest absolute Gasteiger partial charge is 0.272 e. The van der Waals surface area contributed by atoms with Crippen molar-refractivity contribution in [1.29, 1.82) is 0 Å². The van der Waals surface area contributed by atoms with Gasteiger partial charge in [0.2, 0.25) is 0 Å². The van der Waals surface area contributed by atoms with Crippen LogP contribution in [0, 0.1) is 0 Å². The molecule has 3 rings (SSSR count). The minimum atomic E-state index is -0.161. The largest absolute Gasteiger partial charge is 0.351 e. The number of aryl methyl sites for hydroxylation is 1. The van der Waals surface area contributed by atoms with Crippen molar-refractivity contribution in [1.82, 2.24) is 25.3 Å². The van der Waals surface area contributed by atoms with Gasteiger partial charge in [0.05, 0.1) is 11.0 Å². The number of carbonyl (C=O) groups excluding carboxylic acids is 2. The third-order valence-electron chi connectivity index (χ3n) is 4.22. The van der Waals surface area contributed by atoms with Gasteiger partial charge in [-0.15, -0.1) is 0 Å². The number of rotatable bonds is 8. The zero-order chi connectivity index (χ0) is 18.5. The number of carbonyl (C=O) groups is 2. The number of thioether (sulfide) groups is 1. The van der Waals surface area contributed by atoms with Gasteiger partial charge < -0.3 is 5.32 Å². The summed E-state index contributed by atoms with van der Waals surface area (Å²) in [7, 11) is 1.87. The van der Waals surface area contributed by atoms with Crippen LogP contribution in [0.2, 0.25) is 0 Å². The molecule has 1 aromatic carbocycles. The summed E-state index contributed by atoms with van der Waals surface area (Å²) >= 11 is 1.38. The molecular weight excluding hydrogens is 350 g/mol. The maximum absolute atomic E-state index is 12.4. The summed E-state index contributed by atoms with van der Waals surface area (Å²) in [6.45, 7) is 2.22. The van der Waals surface area contributed by atoms with E-state index in [0.29, 0.717) is 12.2 Å². The molecule has 0 unspecified atom stereocenters. The molecule has 0 fully saturated rings. The van der Waals surface area contributed by atoms with Crippen LogP contribution in [0.3, 0.4) is 0 Å². The number of aromatic amines is 1. The number of aromatic nitrogens is 4. The number of hydrogen-bond acceptors (Lipinski definition) is 5. The average Bonchev–Trinajstić information content (AvgIpc) is 3.18. The molecule has 0 saturated heterocycles. The fourth-order valence-corrected chi connectivity index (χ4v) is 3.59. The predicted molar refractivity (Wildman–Crippen MR) is 104 cm³/mol. The molecular formula is C18H23N5O2S. The maximum atomic E-state index is 12.4. The second kappa shape index (κ2) is 8.35. The minimum absolute atomic E-state index is 0.161. The first kappa shape index (κ1) is 18.4. The van der Waals surface area contributed by atoms with E-state index < -0.39 is 0 Å². The Kier molecular flexibility index (Phi) is 5.92. The quantitative estimate of drug-likeness (QED) is 0.592. The number of nitrogens with zero attached hydrogens (tertiary/aromatic N) is 3. The Morgan fingerprint density at radius 3 is 2.81 bits per heavy atom. The Labute approximate surface area is 155 Å². The van der Waals surface area contributed by atoms with Gasteiger partial charge in [-0.1, -0.05) is 24.6 Å². The summed E-state index contributed by atoms with van der Waals surface area (Å²) in [5, 5.41) is 16.4. The van der Waals surface area contributed by atoms with Crippen molar-refractivity contribution in [2.45, 2.75) is 32.6 Å². The predicted octanol–water partition coefficient (Wildman–Crippen LogP) is 3.02. The lowest BCUT2D eigenvalue weighted by atomic mass is 10.1. The van der Waals surface area contributed by atoms with Gasteiger partial charge in [0, 0.05) is 43.2 Å². The molecule has 2 N–H and O–H groups in total. The van der Waals surface area contributed by atoms with Gasteiger partial charge in [-0.2, -0.15) is 10.2 Å². The van der Waals surface area contributed by atoms with Gasteiger partial charge in [-0.25, -0.2) is 0 Å². The summed E-state index contributed by atoms with van der Waals surface area (Å²) in [6, 6.07) is 3.79. The molecule has 0 aliphatic heterocycles. The highest BCUT2D eigenvalue weighted by molar-refractivity contribution is 8.13. The van der Waals surface area contributed by atoms with E-state index in [1.807, 2.05) is 25.4 Å². The van der Waals surface area contributed by atoms with E-state index in [-0.39, 0.29) is 11.0 Å². The lowest BCUT2D eigenvalue weighted by Gasteiger charge is -2.04. The fraction of sp³-hybridized carbons (Fsp3) is 0.444. The molecule has 2 aromatic heterocycles. The molecule has 0 spiro atoms. The number of unbranched alkanes of at least 4 members (excludes halogenated alkanes) is 3. The Hall–Kier alpha value is -2.35. The van der Waals surface area contributed by atoms with Crippen LogP contribution >= 0.6 is 11.8 Å². The number of nitrogens with one attached hydrogen (secondary N) is 2. The summed E-state index contributed by atoms with van der Waals surface area (Å²) in [5.74, 6) is 0.718. The normalized spacial score (nSPS) is 11.3. The van der Waals surface area contributed by atoms with Crippen molar-refractivity contribution >= 4 is 44.6 Å². The Morgan fingerprint density at radius 2 is 2.00 bits per heavy atom. The van der Waals surface area contributed by atoms with Gasteiger partial charge in [-0.05, 0) is 25.0 Å². The zero-order valence-corrected chi connectivity index (χ0v) is 15.9. The molecule has 0 radical (unpaired) electrons. The summed E-state index contributed by atoms with van der Waals surface area (Å²) < 4.78 is 1.75. The second-order valence-electron chi connectivity index (χ2n) is 6.31. The second-order valence-corrected chi connectivity index (χ2v) is 7.58. The van der Waals surface area contributed by atoms with Gasteiger partial charge in [-0.3, -0.25) is 19.4 Å². The first-order valence-corrected chi connectivity index (χ1v) is 9.77. The van der Waals surface area contributed by atoms with E-state index in [2.05, 4.69) is 20.6 Å². The highest BCUT2D eigenvalue weighted by atomic mass is 32.2. The Bertz CT molecular complexity index is 930. The minimum Gasteiger partial charge on any atom is -0.351 e. The molecule has 7 nitrogen and oxygen atoms in total. The lowest BCUT2D eigenvalue weighted by molar-refractivity contribution is -0.109. The Balaban J connectivity index is 1.51. The molecule has 0 bridgehead atoms. The van der Waals surface area contributed by atoms with Crippen LogP contribution in [-0.4, -0.2) is 43.3 Å². The maximum Gasteiger partial charge on any atom is 0.272 e. The molecule has 8 heteroatoms. The average molecular weight is 373 g/mol. The molecule has 3 aromatic rings. The Morgan fingerprint density at radius 1 is 1.19 bits per heavy atom. The highest BCUT2D eigenvalue weighted by Gasteiger charge is 2.16. The molecule has 0 aliphatic rings. The number of hydrogen-bond donors (Lipinski definition) is 2. The third-order valence-corrected chi connectivity index (χ3v) is 5.11.